The standard InChI is InChI=1S/C27H34BrClN2O3/c1-4-9-18-12-22-26(23(32)13-18)25(20(16-30)17(3)31-22)19-14-21(28)27(24(15-19)33-5-2)34-11-8-6-7-10-29/h14-15,18,25,31H,4-13H2,1-3H3. The fourth-order valence-electron chi connectivity index (χ4n) is 4.92. The van der Waals surface area contributed by atoms with E-state index in [4.69, 9.17) is 21.1 Å². The van der Waals surface area contributed by atoms with Gasteiger partial charge < -0.3 is 14.8 Å². The van der Waals surface area contributed by atoms with Crippen LogP contribution >= 0.6 is 27.5 Å². The highest BCUT2D eigenvalue weighted by molar-refractivity contribution is 9.10. The molecule has 1 N–H and O–H groups in total. The van der Waals surface area contributed by atoms with E-state index in [1.807, 2.05) is 26.0 Å². The van der Waals surface area contributed by atoms with Gasteiger partial charge in [-0.3, -0.25) is 4.79 Å². The molecule has 1 heterocycles. The number of benzene rings is 1. The number of halogens is 2. The first-order chi connectivity index (χ1) is 16.4. The SMILES string of the molecule is CCCC1CC(=O)C2=C(C1)NC(C)=C(C#N)C2c1cc(Br)c(OCCCCCCl)c(OCC)c1. The van der Waals surface area contributed by atoms with Crippen molar-refractivity contribution >= 4 is 33.3 Å². The number of allylic oxidation sites excluding steroid dienone is 4. The molecule has 34 heavy (non-hydrogen) atoms. The predicted molar refractivity (Wildman–Crippen MR) is 139 cm³/mol. The normalized spacial score (nSPS) is 20.1. The molecule has 0 aromatic heterocycles. The number of carbonyl (C=O) groups is 1. The summed E-state index contributed by atoms with van der Waals surface area (Å²) < 4.78 is 12.8. The maximum absolute atomic E-state index is 13.3. The Labute approximate surface area is 216 Å². The van der Waals surface area contributed by atoms with Crippen molar-refractivity contribution in [2.24, 2.45) is 5.92 Å². The van der Waals surface area contributed by atoms with Crippen molar-refractivity contribution in [3.8, 4) is 17.6 Å². The second kappa shape index (κ2) is 12.7. The molecule has 2 atom stereocenters. The van der Waals surface area contributed by atoms with Crippen LogP contribution in [0.4, 0.5) is 0 Å². The molecular weight excluding hydrogens is 516 g/mol. The number of ether oxygens (including phenoxy) is 2. The molecule has 0 spiro atoms. The molecule has 0 amide bonds. The third-order valence-corrected chi connectivity index (χ3v) is 7.28. The van der Waals surface area contributed by atoms with E-state index in [0.29, 0.717) is 48.5 Å². The van der Waals surface area contributed by atoms with E-state index in [-0.39, 0.29) is 5.78 Å². The van der Waals surface area contributed by atoms with Crippen LogP contribution in [0, 0.1) is 17.2 Å². The predicted octanol–water partition coefficient (Wildman–Crippen LogP) is 7.15. The summed E-state index contributed by atoms with van der Waals surface area (Å²) in [6.45, 7) is 7.05. The van der Waals surface area contributed by atoms with Gasteiger partial charge in [0.1, 0.15) is 0 Å². The Balaban J connectivity index is 2.00. The van der Waals surface area contributed by atoms with Gasteiger partial charge in [0, 0.05) is 29.3 Å². The average Bonchev–Trinajstić information content (AvgIpc) is 2.79. The van der Waals surface area contributed by atoms with Crippen molar-refractivity contribution in [2.45, 2.75) is 71.6 Å². The van der Waals surface area contributed by atoms with E-state index in [1.54, 1.807) is 0 Å². The zero-order valence-electron chi connectivity index (χ0n) is 20.3. The van der Waals surface area contributed by atoms with Gasteiger partial charge in [-0.15, -0.1) is 11.6 Å². The van der Waals surface area contributed by atoms with Crippen molar-refractivity contribution in [1.82, 2.24) is 5.32 Å². The van der Waals surface area contributed by atoms with Crippen LogP contribution in [0.1, 0.15) is 77.2 Å². The summed E-state index contributed by atoms with van der Waals surface area (Å²) in [5.41, 5.74) is 3.93. The molecule has 5 nitrogen and oxygen atoms in total. The van der Waals surface area contributed by atoms with E-state index in [0.717, 1.165) is 65.5 Å². The van der Waals surface area contributed by atoms with Gasteiger partial charge in [-0.25, -0.2) is 0 Å². The zero-order valence-corrected chi connectivity index (χ0v) is 22.7. The van der Waals surface area contributed by atoms with Crippen molar-refractivity contribution in [3.63, 3.8) is 0 Å². The molecule has 184 valence electrons. The highest BCUT2D eigenvalue weighted by atomic mass is 79.9. The molecule has 0 fully saturated rings. The summed E-state index contributed by atoms with van der Waals surface area (Å²) in [7, 11) is 0. The van der Waals surface area contributed by atoms with Crippen LogP contribution in [0.5, 0.6) is 11.5 Å². The Hall–Kier alpha value is -1.97. The summed E-state index contributed by atoms with van der Waals surface area (Å²) >= 11 is 9.44. The summed E-state index contributed by atoms with van der Waals surface area (Å²) in [5.74, 6) is 1.99. The molecule has 2 aliphatic rings. The van der Waals surface area contributed by atoms with Crippen molar-refractivity contribution in [3.05, 3.63) is 44.7 Å². The molecule has 1 aromatic carbocycles. The zero-order chi connectivity index (χ0) is 24.7. The number of nitrogens with zero attached hydrogens (tertiary/aromatic N) is 1. The number of rotatable bonds is 11. The Morgan fingerprint density at radius 1 is 1.21 bits per heavy atom. The Morgan fingerprint density at radius 3 is 2.68 bits per heavy atom. The Kier molecular flexibility index (Phi) is 9.91. The third-order valence-electron chi connectivity index (χ3n) is 6.42. The number of alkyl halides is 1. The van der Waals surface area contributed by atoms with Gasteiger partial charge in [0.25, 0.3) is 0 Å². The monoisotopic (exact) mass is 548 g/mol. The van der Waals surface area contributed by atoms with E-state index in [9.17, 15) is 10.1 Å². The number of nitrogens with one attached hydrogen (secondary N) is 1. The van der Waals surface area contributed by atoms with E-state index >= 15 is 0 Å². The Bertz CT molecular complexity index is 1010. The summed E-state index contributed by atoms with van der Waals surface area (Å²) in [5, 5.41) is 13.4. The fourth-order valence-corrected chi connectivity index (χ4v) is 5.68. The van der Waals surface area contributed by atoms with E-state index < -0.39 is 5.92 Å². The molecule has 3 rings (SSSR count). The van der Waals surface area contributed by atoms with Gasteiger partial charge in [-0.1, -0.05) is 13.3 Å². The first-order valence-electron chi connectivity index (χ1n) is 12.2. The van der Waals surface area contributed by atoms with Crippen LogP contribution in [0.15, 0.2) is 39.1 Å². The van der Waals surface area contributed by atoms with Crippen LogP contribution in [-0.4, -0.2) is 24.9 Å². The largest absolute Gasteiger partial charge is 0.490 e. The minimum atomic E-state index is -0.412. The minimum Gasteiger partial charge on any atom is -0.490 e. The quantitative estimate of drug-likeness (QED) is 0.234. The van der Waals surface area contributed by atoms with Gasteiger partial charge in [0.15, 0.2) is 17.3 Å². The maximum Gasteiger partial charge on any atom is 0.175 e. The number of dihydropyridines is 1. The lowest BCUT2D eigenvalue weighted by Crippen LogP contribution is -2.34. The third kappa shape index (κ3) is 5.98. The lowest BCUT2D eigenvalue weighted by atomic mass is 9.72. The number of hydrogen-bond donors (Lipinski definition) is 1. The summed E-state index contributed by atoms with van der Waals surface area (Å²) in [4.78, 5) is 13.3. The molecule has 7 heteroatoms. The number of carbonyl (C=O) groups excluding carboxylic acids is 1. The van der Waals surface area contributed by atoms with Crippen LogP contribution in [0.25, 0.3) is 0 Å². The van der Waals surface area contributed by atoms with Gasteiger partial charge in [-0.2, -0.15) is 5.26 Å². The first kappa shape index (κ1) is 26.6. The van der Waals surface area contributed by atoms with Crippen molar-refractivity contribution in [2.75, 3.05) is 19.1 Å². The molecule has 2 unspecified atom stereocenters. The average molecular weight is 550 g/mol. The maximum atomic E-state index is 13.3. The highest BCUT2D eigenvalue weighted by Gasteiger charge is 2.39. The van der Waals surface area contributed by atoms with Crippen LogP contribution in [0.3, 0.4) is 0 Å². The van der Waals surface area contributed by atoms with Gasteiger partial charge in [-0.05, 0) is 85.5 Å². The summed E-state index contributed by atoms with van der Waals surface area (Å²) in [6, 6.07) is 6.26. The van der Waals surface area contributed by atoms with Crippen molar-refractivity contribution in [1.29, 1.82) is 5.26 Å². The molecule has 0 saturated carbocycles. The molecule has 0 saturated heterocycles. The fraction of sp³-hybridized carbons (Fsp3) is 0.556. The highest BCUT2D eigenvalue weighted by Crippen LogP contribution is 2.47. The van der Waals surface area contributed by atoms with E-state index in [2.05, 4.69) is 34.2 Å². The second-order valence-corrected chi connectivity index (χ2v) is 10.2. The lowest BCUT2D eigenvalue weighted by molar-refractivity contribution is -0.117. The van der Waals surface area contributed by atoms with Gasteiger partial charge in [0.2, 0.25) is 0 Å². The minimum absolute atomic E-state index is 0.131. The van der Waals surface area contributed by atoms with Crippen LogP contribution in [0.2, 0.25) is 0 Å². The number of Topliss-reactive ketones (excluding diaryl/α,β-unsaturated/α-hetero) is 1. The van der Waals surface area contributed by atoms with Gasteiger partial charge >= 0.3 is 0 Å². The van der Waals surface area contributed by atoms with Gasteiger partial charge in [0.05, 0.1) is 35.2 Å². The second-order valence-electron chi connectivity index (χ2n) is 8.95. The number of ketones is 1. The van der Waals surface area contributed by atoms with Crippen molar-refractivity contribution < 1.29 is 14.3 Å². The molecule has 1 aliphatic carbocycles. The van der Waals surface area contributed by atoms with E-state index in [1.165, 1.54) is 0 Å². The molecule has 1 aromatic rings. The van der Waals surface area contributed by atoms with Crippen LogP contribution < -0.4 is 14.8 Å². The molecule has 1 aliphatic heterocycles. The summed E-state index contributed by atoms with van der Waals surface area (Å²) in [6.07, 6.45) is 6.33. The lowest BCUT2D eigenvalue weighted by Gasteiger charge is -2.35. The van der Waals surface area contributed by atoms with Crippen LogP contribution in [-0.2, 0) is 4.79 Å². The number of unbranched alkanes of at least 4 members (excludes halogenated alkanes) is 2. The molecule has 0 bridgehead atoms. The smallest absolute Gasteiger partial charge is 0.175 e. The topological polar surface area (TPSA) is 71.4 Å². The molecular formula is C27H34BrClN2O3. The molecule has 0 radical (unpaired) electrons. The Morgan fingerprint density at radius 2 is 2.00 bits per heavy atom. The number of nitriles is 1. The number of hydrogen-bond acceptors (Lipinski definition) is 5. The first-order valence-corrected chi connectivity index (χ1v) is 13.6.